The maximum Gasteiger partial charge on any atom is 0.253 e. The number of hydrogen-bond donors (Lipinski definition) is 1. The van der Waals surface area contributed by atoms with E-state index >= 15 is 0 Å². The third-order valence-electron chi connectivity index (χ3n) is 2.45. The van der Waals surface area contributed by atoms with E-state index in [1.165, 1.54) is 0 Å². The molecule has 0 aliphatic carbocycles. The molecule has 0 radical (unpaired) electrons. The Balaban J connectivity index is 2.64. The van der Waals surface area contributed by atoms with Crippen LogP contribution in [-0.4, -0.2) is 29.8 Å². The molecule has 0 saturated heterocycles. The van der Waals surface area contributed by atoms with Crippen molar-refractivity contribution in [3.63, 3.8) is 0 Å². The Morgan fingerprint density at radius 3 is 2.42 bits per heavy atom. The summed E-state index contributed by atoms with van der Waals surface area (Å²) >= 11 is 2.27. The van der Waals surface area contributed by atoms with Crippen LogP contribution in [0.3, 0.4) is 0 Å². The molecule has 0 bridgehead atoms. The van der Waals surface area contributed by atoms with Crippen molar-refractivity contribution in [3.8, 4) is 5.75 Å². The summed E-state index contributed by atoms with van der Waals surface area (Å²) in [5.74, 6) is 0.608. The molecule has 0 aliphatic rings. The van der Waals surface area contributed by atoms with Gasteiger partial charge < -0.3 is 14.8 Å². The smallest absolute Gasteiger partial charge is 0.253 e. The van der Waals surface area contributed by atoms with Crippen molar-refractivity contribution in [1.29, 1.82) is 0 Å². The predicted molar refractivity (Wildman–Crippen MR) is 84.0 cm³/mol. The second-order valence-electron chi connectivity index (χ2n) is 4.35. The van der Waals surface area contributed by atoms with E-state index in [1.54, 1.807) is 31.4 Å². The quantitative estimate of drug-likeness (QED) is 0.452. The van der Waals surface area contributed by atoms with Gasteiger partial charge in [-0.2, -0.15) is 0 Å². The number of hydrogen-bond acceptors (Lipinski definition) is 3. The second-order valence-corrected chi connectivity index (χ2v) is 5.43. The Bertz CT molecular complexity index is 392. The number of carbonyl (C=O) groups is 1. The van der Waals surface area contributed by atoms with E-state index in [2.05, 4.69) is 27.9 Å². The second kappa shape index (κ2) is 8.37. The molecule has 0 aliphatic heterocycles. The predicted octanol–water partition coefficient (Wildman–Crippen LogP) is 3.00. The Morgan fingerprint density at radius 1 is 1.32 bits per heavy atom. The first kappa shape index (κ1) is 16.2. The first-order chi connectivity index (χ1) is 9.06. The number of methoxy groups -OCH3 is 1. The van der Waals surface area contributed by atoms with Gasteiger partial charge in [-0.3, -0.25) is 4.79 Å². The maximum atomic E-state index is 12.1. The van der Waals surface area contributed by atoms with Gasteiger partial charge in [0.15, 0.2) is 0 Å². The van der Waals surface area contributed by atoms with Crippen LogP contribution in [0.5, 0.6) is 5.75 Å². The van der Waals surface area contributed by atoms with Gasteiger partial charge in [-0.1, -0.05) is 22.6 Å². The molecule has 0 heterocycles. The SMILES string of the molecule is COc1ccc(C(=O)NC(CCI)OC(C)C)cc1. The first-order valence-electron chi connectivity index (χ1n) is 6.23. The summed E-state index contributed by atoms with van der Waals surface area (Å²) in [6, 6.07) is 7.02. The minimum Gasteiger partial charge on any atom is -0.497 e. The van der Waals surface area contributed by atoms with Gasteiger partial charge in [0.2, 0.25) is 0 Å². The van der Waals surface area contributed by atoms with Crippen molar-refractivity contribution in [1.82, 2.24) is 5.32 Å². The Kier molecular flexibility index (Phi) is 7.15. The van der Waals surface area contributed by atoms with E-state index < -0.39 is 0 Å². The van der Waals surface area contributed by atoms with Crippen LogP contribution in [0.4, 0.5) is 0 Å². The number of halogens is 1. The highest BCUT2D eigenvalue weighted by Gasteiger charge is 2.14. The standard InChI is InChI=1S/C14H20INO3/c1-10(2)19-13(8-9-15)16-14(17)11-4-6-12(18-3)7-5-11/h4-7,10,13H,8-9H2,1-3H3,(H,16,17). The zero-order valence-electron chi connectivity index (χ0n) is 11.5. The Hall–Kier alpha value is -0.820. The number of amides is 1. The van der Waals surface area contributed by atoms with Crippen molar-refractivity contribution in [2.75, 3.05) is 11.5 Å². The Labute approximate surface area is 128 Å². The minimum atomic E-state index is -0.244. The summed E-state index contributed by atoms with van der Waals surface area (Å²) in [5, 5.41) is 2.90. The van der Waals surface area contributed by atoms with Gasteiger partial charge >= 0.3 is 0 Å². The maximum absolute atomic E-state index is 12.1. The number of nitrogens with one attached hydrogen (secondary N) is 1. The van der Waals surface area contributed by atoms with Crippen LogP contribution in [0.1, 0.15) is 30.6 Å². The molecule has 4 nitrogen and oxygen atoms in total. The van der Waals surface area contributed by atoms with E-state index in [9.17, 15) is 4.79 Å². The van der Waals surface area contributed by atoms with Crippen LogP contribution in [0, 0.1) is 0 Å². The number of ether oxygens (including phenoxy) is 2. The van der Waals surface area contributed by atoms with E-state index in [-0.39, 0.29) is 18.2 Å². The van der Waals surface area contributed by atoms with Gasteiger partial charge in [0.1, 0.15) is 12.0 Å². The van der Waals surface area contributed by atoms with Crippen LogP contribution < -0.4 is 10.1 Å². The fourth-order valence-corrected chi connectivity index (χ4v) is 2.14. The average Bonchev–Trinajstić information content (AvgIpc) is 2.38. The van der Waals surface area contributed by atoms with E-state index in [1.807, 2.05) is 13.8 Å². The summed E-state index contributed by atoms with van der Waals surface area (Å²) < 4.78 is 11.7. The van der Waals surface area contributed by atoms with Crippen LogP contribution in [0.25, 0.3) is 0 Å². The molecule has 1 amide bonds. The fraction of sp³-hybridized carbons (Fsp3) is 0.500. The molecule has 1 rings (SSSR count). The van der Waals surface area contributed by atoms with Gasteiger partial charge in [0, 0.05) is 16.4 Å². The highest BCUT2D eigenvalue weighted by atomic mass is 127. The average molecular weight is 377 g/mol. The lowest BCUT2D eigenvalue weighted by Gasteiger charge is -2.21. The van der Waals surface area contributed by atoms with Crippen LogP contribution in [0.15, 0.2) is 24.3 Å². The summed E-state index contributed by atoms with van der Waals surface area (Å²) in [6.07, 6.45) is 0.635. The normalized spacial score (nSPS) is 12.3. The van der Waals surface area contributed by atoms with Crippen molar-refractivity contribution < 1.29 is 14.3 Å². The third-order valence-corrected chi connectivity index (χ3v) is 3.07. The van der Waals surface area contributed by atoms with E-state index in [0.717, 1.165) is 16.6 Å². The lowest BCUT2D eigenvalue weighted by Crippen LogP contribution is -2.38. The van der Waals surface area contributed by atoms with Gasteiger partial charge in [-0.25, -0.2) is 0 Å². The molecule has 1 N–H and O–H groups in total. The molecule has 0 saturated carbocycles. The van der Waals surface area contributed by atoms with Gasteiger partial charge in [0.05, 0.1) is 13.2 Å². The van der Waals surface area contributed by atoms with Gasteiger partial charge in [-0.05, 0) is 38.1 Å². The molecule has 106 valence electrons. The lowest BCUT2D eigenvalue weighted by molar-refractivity contribution is -0.00976. The van der Waals surface area contributed by atoms with Gasteiger partial charge in [-0.15, -0.1) is 0 Å². The molecule has 19 heavy (non-hydrogen) atoms. The molecule has 1 unspecified atom stereocenters. The lowest BCUT2D eigenvalue weighted by atomic mass is 10.2. The largest absolute Gasteiger partial charge is 0.497 e. The number of rotatable bonds is 7. The first-order valence-corrected chi connectivity index (χ1v) is 7.75. The monoisotopic (exact) mass is 377 g/mol. The Morgan fingerprint density at radius 2 is 1.95 bits per heavy atom. The summed E-state index contributed by atoms with van der Waals surface area (Å²) in [4.78, 5) is 12.1. The van der Waals surface area contributed by atoms with Crippen LogP contribution in [-0.2, 0) is 4.74 Å². The van der Waals surface area contributed by atoms with Gasteiger partial charge in [0.25, 0.3) is 5.91 Å². The molecule has 1 aromatic rings. The van der Waals surface area contributed by atoms with Crippen molar-refractivity contribution in [3.05, 3.63) is 29.8 Å². The van der Waals surface area contributed by atoms with Crippen molar-refractivity contribution in [2.24, 2.45) is 0 Å². The van der Waals surface area contributed by atoms with Crippen LogP contribution in [0.2, 0.25) is 0 Å². The molecule has 1 aromatic carbocycles. The molecular formula is C14H20INO3. The minimum absolute atomic E-state index is 0.0871. The molecule has 0 fully saturated rings. The molecular weight excluding hydrogens is 357 g/mol. The summed E-state index contributed by atoms with van der Waals surface area (Å²) in [6.45, 7) is 3.92. The zero-order valence-corrected chi connectivity index (χ0v) is 13.6. The molecule has 1 atom stereocenters. The number of alkyl halides is 1. The van der Waals surface area contributed by atoms with Crippen molar-refractivity contribution >= 4 is 28.5 Å². The summed E-state index contributed by atoms with van der Waals surface area (Å²) in [5.41, 5.74) is 0.603. The zero-order chi connectivity index (χ0) is 14.3. The molecule has 0 aromatic heterocycles. The van der Waals surface area contributed by atoms with Crippen molar-refractivity contribution in [2.45, 2.75) is 32.6 Å². The fourth-order valence-electron chi connectivity index (χ4n) is 1.57. The molecule has 0 spiro atoms. The molecule has 5 heteroatoms. The van der Waals surface area contributed by atoms with E-state index in [0.29, 0.717) is 5.56 Å². The van der Waals surface area contributed by atoms with E-state index in [4.69, 9.17) is 9.47 Å². The third kappa shape index (κ3) is 5.78. The highest BCUT2D eigenvalue weighted by molar-refractivity contribution is 14.1. The number of benzene rings is 1. The number of carbonyl (C=O) groups excluding carboxylic acids is 1. The summed E-state index contributed by atoms with van der Waals surface area (Å²) in [7, 11) is 1.60. The van der Waals surface area contributed by atoms with Crippen LogP contribution >= 0.6 is 22.6 Å². The highest BCUT2D eigenvalue weighted by Crippen LogP contribution is 2.12. The topological polar surface area (TPSA) is 47.6 Å².